The molecule has 0 aliphatic heterocycles. The van der Waals surface area contributed by atoms with Crippen molar-refractivity contribution >= 4 is 11.6 Å². The molecule has 1 aromatic rings. The summed E-state index contributed by atoms with van der Waals surface area (Å²) in [6.07, 6.45) is 0.224. The third kappa shape index (κ3) is 2.05. The topological polar surface area (TPSA) is 23.8 Å². The highest BCUT2D eigenvalue weighted by Gasteiger charge is 2.14. The molecule has 0 aliphatic carbocycles. The summed E-state index contributed by atoms with van der Waals surface area (Å²) < 4.78 is 13.6. The van der Waals surface area contributed by atoms with E-state index in [-0.39, 0.29) is 17.4 Å². The van der Waals surface area contributed by atoms with Gasteiger partial charge in [-0.1, -0.05) is 31.5 Å². The molecule has 74 valence electrons. The highest BCUT2D eigenvalue weighted by molar-refractivity contribution is 6.30. The molecule has 0 atom stereocenters. The Hall–Kier alpha value is -1.07. The van der Waals surface area contributed by atoms with E-state index >= 15 is 0 Å². The van der Waals surface area contributed by atoms with E-state index in [4.69, 9.17) is 16.9 Å². The van der Waals surface area contributed by atoms with Crippen LogP contribution in [0.25, 0.3) is 0 Å². The van der Waals surface area contributed by atoms with Gasteiger partial charge in [0.25, 0.3) is 0 Å². The average Bonchev–Trinajstić information content (AvgIpc) is 2.11. The van der Waals surface area contributed by atoms with Gasteiger partial charge in [-0.2, -0.15) is 5.26 Å². The van der Waals surface area contributed by atoms with Gasteiger partial charge in [-0.15, -0.1) is 0 Å². The number of hydrogen-bond acceptors (Lipinski definition) is 1. The van der Waals surface area contributed by atoms with E-state index < -0.39 is 5.82 Å². The van der Waals surface area contributed by atoms with Crippen molar-refractivity contribution in [2.75, 3.05) is 0 Å². The number of halogens is 2. The Morgan fingerprint density at radius 1 is 1.50 bits per heavy atom. The van der Waals surface area contributed by atoms with Crippen LogP contribution in [0.2, 0.25) is 5.02 Å². The molecule has 0 saturated heterocycles. The third-order valence-corrected chi connectivity index (χ3v) is 2.36. The molecular weight excluding hydrogens is 201 g/mol. The van der Waals surface area contributed by atoms with Crippen molar-refractivity contribution in [3.8, 4) is 6.07 Å². The van der Waals surface area contributed by atoms with Crippen molar-refractivity contribution in [1.29, 1.82) is 5.26 Å². The normalized spacial score (nSPS) is 10.3. The van der Waals surface area contributed by atoms with Crippen LogP contribution in [0, 0.1) is 17.1 Å². The van der Waals surface area contributed by atoms with Crippen molar-refractivity contribution in [2.24, 2.45) is 0 Å². The molecule has 1 rings (SSSR count). The maximum atomic E-state index is 13.6. The predicted molar refractivity (Wildman–Crippen MR) is 54.8 cm³/mol. The molecule has 0 radical (unpaired) electrons. The molecule has 0 bridgehead atoms. The van der Waals surface area contributed by atoms with E-state index in [1.54, 1.807) is 6.07 Å². The Morgan fingerprint density at radius 2 is 2.14 bits per heavy atom. The van der Waals surface area contributed by atoms with E-state index in [1.807, 2.05) is 19.9 Å². The van der Waals surface area contributed by atoms with Crippen LogP contribution in [0.1, 0.15) is 30.9 Å². The van der Waals surface area contributed by atoms with Gasteiger partial charge in [0.15, 0.2) is 0 Å². The van der Waals surface area contributed by atoms with Crippen molar-refractivity contribution < 1.29 is 4.39 Å². The van der Waals surface area contributed by atoms with Gasteiger partial charge < -0.3 is 0 Å². The summed E-state index contributed by atoms with van der Waals surface area (Å²) in [7, 11) is 0. The van der Waals surface area contributed by atoms with E-state index in [0.717, 1.165) is 5.56 Å². The fourth-order valence-corrected chi connectivity index (χ4v) is 1.63. The second-order valence-electron chi connectivity index (χ2n) is 3.42. The van der Waals surface area contributed by atoms with Crippen molar-refractivity contribution in [3.05, 3.63) is 34.1 Å². The van der Waals surface area contributed by atoms with Gasteiger partial charge in [0.1, 0.15) is 5.82 Å². The van der Waals surface area contributed by atoms with Crippen molar-refractivity contribution in [2.45, 2.75) is 26.2 Å². The van der Waals surface area contributed by atoms with E-state index in [1.165, 1.54) is 6.07 Å². The zero-order valence-electron chi connectivity index (χ0n) is 8.14. The molecule has 0 aliphatic rings. The minimum absolute atomic E-state index is 0.0389. The molecule has 0 unspecified atom stereocenters. The Balaban J connectivity index is 3.31. The van der Waals surface area contributed by atoms with Crippen LogP contribution in [0.15, 0.2) is 12.1 Å². The average molecular weight is 212 g/mol. The molecule has 0 heterocycles. The summed E-state index contributed by atoms with van der Waals surface area (Å²) >= 11 is 5.67. The molecule has 0 saturated carbocycles. The van der Waals surface area contributed by atoms with Gasteiger partial charge in [0, 0.05) is 0 Å². The van der Waals surface area contributed by atoms with Gasteiger partial charge in [0.2, 0.25) is 0 Å². The lowest BCUT2D eigenvalue weighted by atomic mass is 9.95. The smallest absolute Gasteiger partial charge is 0.145 e. The molecule has 14 heavy (non-hydrogen) atoms. The third-order valence-electron chi connectivity index (χ3n) is 2.07. The SMILES string of the molecule is CC(C)c1c(CC#N)ccc(Cl)c1F. The Morgan fingerprint density at radius 3 is 2.64 bits per heavy atom. The molecule has 0 spiro atoms. The van der Waals surface area contributed by atoms with Crippen LogP contribution in [0.3, 0.4) is 0 Å². The van der Waals surface area contributed by atoms with E-state index in [0.29, 0.717) is 5.56 Å². The largest absolute Gasteiger partial charge is 0.205 e. The zero-order chi connectivity index (χ0) is 10.7. The number of hydrogen-bond donors (Lipinski definition) is 0. The lowest BCUT2D eigenvalue weighted by Gasteiger charge is -2.12. The quantitative estimate of drug-likeness (QED) is 0.732. The molecule has 1 nitrogen and oxygen atoms in total. The number of benzene rings is 1. The van der Waals surface area contributed by atoms with E-state index in [9.17, 15) is 4.39 Å². The number of nitriles is 1. The molecule has 0 amide bonds. The molecule has 0 aromatic heterocycles. The van der Waals surface area contributed by atoms with Crippen LogP contribution in [-0.2, 0) is 6.42 Å². The van der Waals surface area contributed by atoms with Crippen LogP contribution >= 0.6 is 11.6 Å². The fourth-order valence-electron chi connectivity index (χ4n) is 1.47. The summed E-state index contributed by atoms with van der Waals surface area (Å²) in [4.78, 5) is 0. The summed E-state index contributed by atoms with van der Waals surface area (Å²) in [6, 6.07) is 5.22. The Labute approximate surface area is 88.1 Å². The van der Waals surface area contributed by atoms with Crippen LogP contribution in [0.5, 0.6) is 0 Å². The van der Waals surface area contributed by atoms with Gasteiger partial charge >= 0.3 is 0 Å². The first-order valence-corrected chi connectivity index (χ1v) is 4.79. The van der Waals surface area contributed by atoms with Gasteiger partial charge in [0.05, 0.1) is 17.5 Å². The minimum Gasteiger partial charge on any atom is -0.205 e. The van der Waals surface area contributed by atoms with Gasteiger partial charge in [-0.25, -0.2) is 4.39 Å². The lowest BCUT2D eigenvalue weighted by molar-refractivity contribution is 0.595. The van der Waals surface area contributed by atoms with Crippen LogP contribution < -0.4 is 0 Å². The lowest BCUT2D eigenvalue weighted by Crippen LogP contribution is -2.00. The van der Waals surface area contributed by atoms with Gasteiger partial charge in [-0.3, -0.25) is 0 Å². The second-order valence-corrected chi connectivity index (χ2v) is 3.83. The first-order valence-electron chi connectivity index (χ1n) is 4.41. The first kappa shape index (κ1) is 11.0. The number of nitrogens with zero attached hydrogens (tertiary/aromatic N) is 1. The summed E-state index contributed by atoms with van der Waals surface area (Å²) in [6.45, 7) is 3.77. The standard InChI is InChI=1S/C11H11ClFN/c1-7(2)10-8(5-6-14)3-4-9(12)11(10)13/h3-4,7H,5H2,1-2H3. The predicted octanol–water partition coefficient (Wildman–Crippen LogP) is 3.67. The second kappa shape index (κ2) is 4.43. The molecule has 0 fully saturated rings. The monoisotopic (exact) mass is 211 g/mol. The molecule has 1 aromatic carbocycles. The first-order chi connectivity index (χ1) is 6.57. The summed E-state index contributed by atoms with van der Waals surface area (Å²) in [5, 5.41) is 8.70. The Kier molecular flexibility index (Phi) is 3.49. The van der Waals surface area contributed by atoms with Gasteiger partial charge in [-0.05, 0) is 23.1 Å². The molecular formula is C11H11ClFN. The van der Waals surface area contributed by atoms with E-state index in [2.05, 4.69) is 0 Å². The fraction of sp³-hybridized carbons (Fsp3) is 0.364. The van der Waals surface area contributed by atoms with Crippen molar-refractivity contribution in [1.82, 2.24) is 0 Å². The molecule has 3 heteroatoms. The van der Waals surface area contributed by atoms with Crippen LogP contribution in [-0.4, -0.2) is 0 Å². The Bertz CT molecular complexity index is 380. The zero-order valence-corrected chi connectivity index (χ0v) is 8.90. The summed E-state index contributed by atoms with van der Waals surface area (Å²) in [5.41, 5.74) is 1.28. The highest BCUT2D eigenvalue weighted by atomic mass is 35.5. The maximum absolute atomic E-state index is 13.6. The minimum atomic E-state index is -0.394. The van der Waals surface area contributed by atoms with Crippen LogP contribution in [0.4, 0.5) is 4.39 Å². The van der Waals surface area contributed by atoms with Crippen molar-refractivity contribution in [3.63, 3.8) is 0 Å². The summed E-state index contributed by atoms with van der Waals surface area (Å²) in [5.74, 6) is -0.355. The number of rotatable bonds is 2. The maximum Gasteiger partial charge on any atom is 0.145 e. The highest BCUT2D eigenvalue weighted by Crippen LogP contribution is 2.28. The molecule has 0 N–H and O–H groups in total.